The molecule has 0 radical (unpaired) electrons. The summed E-state index contributed by atoms with van der Waals surface area (Å²) in [6.45, 7) is 8.07. The number of hydrogen-bond acceptors (Lipinski definition) is 4. The van der Waals surface area contributed by atoms with E-state index in [4.69, 9.17) is 0 Å². The van der Waals surface area contributed by atoms with Gasteiger partial charge < -0.3 is 10.2 Å². The zero-order chi connectivity index (χ0) is 17.8. The van der Waals surface area contributed by atoms with Crippen LogP contribution in [0.15, 0.2) is 30.3 Å². The first-order valence-corrected chi connectivity index (χ1v) is 9.06. The molecule has 2 heterocycles. The molecule has 0 unspecified atom stereocenters. The van der Waals surface area contributed by atoms with Gasteiger partial charge in [-0.25, -0.2) is 0 Å². The Morgan fingerprint density at radius 3 is 2.48 bits per heavy atom. The van der Waals surface area contributed by atoms with Crippen molar-refractivity contribution in [2.24, 2.45) is 0 Å². The number of aromatic nitrogens is 2. The normalized spacial score (nSPS) is 14.6. The van der Waals surface area contributed by atoms with E-state index in [9.17, 15) is 4.79 Å². The lowest BCUT2D eigenvalue weighted by Crippen LogP contribution is -2.36. The van der Waals surface area contributed by atoms with Gasteiger partial charge in [-0.1, -0.05) is 32.0 Å². The molecule has 0 atom stereocenters. The summed E-state index contributed by atoms with van der Waals surface area (Å²) in [4.78, 5) is 14.3. The molecule has 3 rings (SSSR count). The van der Waals surface area contributed by atoms with Crippen molar-refractivity contribution >= 4 is 17.4 Å². The second-order valence-electron chi connectivity index (χ2n) is 6.98. The Labute approximate surface area is 149 Å². The maximum absolute atomic E-state index is 12.5. The van der Waals surface area contributed by atoms with Gasteiger partial charge in [0.05, 0.1) is 0 Å². The van der Waals surface area contributed by atoms with Gasteiger partial charge in [0.25, 0.3) is 5.91 Å². The molecule has 0 bridgehead atoms. The number of likely N-dealkylation sites (tertiary alicyclic amines) is 1. The van der Waals surface area contributed by atoms with E-state index < -0.39 is 0 Å². The van der Waals surface area contributed by atoms with E-state index in [1.54, 1.807) is 6.07 Å². The number of anilines is 2. The number of carbonyl (C=O) groups is 1. The lowest BCUT2D eigenvalue weighted by Gasteiger charge is -2.26. The van der Waals surface area contributed by atoms with Crippen molar-refractivity contribution in [1.29, 1.82) is 0 Å². The Hall–Kier alpha value is -2.43. The highest BCUT2D eigenvalue weighted by Crippen LogP contribution is 2.29. The average molecular weight is 338 g/mol. The van der Waals surface area contributed by atoms with E-state index in [1.807, 2.05) is 11.0 Å². The van der Waals surface area contributed by atoms with Gasteiger partial charge in [-0.05, 0) is 55.4 Å². The highest BCUT2D eigenvalue weighted by Gasteiger charge is 2.19. The third-order valence-corrected chi connectivity index (χ3v) is 4.71. The predicted molar refractivity (Wildman–Crippen MR) is 100 cm³/mol. The number of aryl methyl sites for hydroxylation is 1. The van der Waals surface area contributed by atoms with Gasteiger partial charge in [-0.3, -0.25) is 4.79 Å². The van der Waals surface area contributed by atoms with Crippen LogP contribution in [0.5, 0.6) is 0 Å². The van der Waals surface area contributed by atoms with Gasteiger partial charge in [0.2, 0.25) is 0 Å². The van der Waals surface area contributed by atoms with Crippen molar-refractivity contribution < 1.29 is 4.79 Å². The minimum Gasteiger partial charge on any atom is -0.338 e. The number of rotatable bonds is 4. The molecule has 5 nitrogen and oxygen atoms in total. The molecule has 132 valence electrons. The van der Waals surface area contributed by atoms with Gasteiger partial charge in [0, 0.05) is 18.8 Å². The molecule has 0 saturated carbocycles. The van der Waals surface area contributed by atoms with E-state index in [1.165, 1.54) is 17.5 Å². The van der Waals surface area contributed by atoms with Gasteiger partial charge in [-0.2, -0.15) is 0 Å². The number of piperidine rings is 1. The summed E-state index contributed by atoms with van der Waals surface area (Å²) < 4.78 is 0. The van der Waals surface area contributed by atoms with Crippen molar-refractivity contribution in [3.8, 4) is 0 Å². The molecular weight excluding hydrogens is 312 g/mol. The highest BCUT2D eigenvalue weighted by atomic mass is 16.2. The standard InChI is InChI=1S/C20H26N4O/c1-14(2)16-9-7-8-15(3)19(16)21-18-11-10-17(22-23-18)20(25)24-12-5-4-6-13-24/h7-11,14H,4-6,12-13H2,1-3H3,(H,21,23). The third kappa shape index (κ3) is 3.98. The number of carbonyl (C=O) groups excluding carboxylic acids is 1. The molecule has 1 aromatic heterocycles. The molecule has 1 amide bonds. The molecule has 1 N–H and O–H groups in total. The quantitative estimate of drug-likeness (QED) is 0.904. The number of benzene rings is 1. The maximum atomic E-state index is 12.5. The summed E-state index contributed by atoms with van der Waals surface area (Å²) in [5.74, 6) is 1.05. The van der Waals surface area contributed by atoms with Gasteiger partial charge >= 0.3 is 0 Å². The van der Waals surface area contributed by atoms with Crippen LogP contribution in [-0.2, 0) is 0 Å². The molecule has 5 heteroatoms. The van der Waals surface area contributed by atoms with Crippen LogP contribution < -0.4 is 5.32 Å². The largest absolute Gasteiger partial charge is 0.338 e. The molecule has 1 aliphatic rings. The van der Waals surface area contributed by atoms with E-state index in [2.05, 4.69) is 54.5 Å². The van der Waals surface area contributed by atoms with Crippen molar-refractivity contribution in [1.82, 2.24) is 15.1 Å². The lowest BCUT2D eigenvalue weighted by molar-refractivity contribution is 0.0717. The van der Waals surface area contributed by atoms with Crippen LogP contribution in [0.25, 0.3) is 0 Å². The molecule has 1 aromatic carbocycles. The predicted octanol–water partition coefficient (Wildman–Crippen LogP) is 4.28. The Balaban J connectivity index is 1.76. The van der Waals surface area contributed by atoms with E-state index in [0.29, 0.717) is 17.4 Å². The first-order chi connectivity index (χ1) is 12.1. The zero-order valence-electron chi connectivity index (χ0n) is 15.2. The van der Waals surface area contributed by atoms with Gasteiger partial charge in [0.15, 0.2) is 11.5 Å². The van der Waals surface area contributed by atoms with Crippen LogP contribution in [-0.4, -0.2) is 34.1 Å². The second-order valence-corrected chi connectivity index (χ2v) is 6.98. The minimum absolute atomic E-state index is 0.0162. The fourth-order valence-electron chi connectivity index (χ4n) is 3.24. The summed E-state index contributed by atoms with van der Waals surface area (Å²) in [5, 5.41) is 11.7. The maximum Gasteiger partial charge on any atom is 0.274 e. The zero-order valence-corrected chi connectivity index (χ0v) is 15.2. The molecular formula is C20H26N4O. The van der Waals surface area contributed by atoms with Crippen LogP contribution in [0, 0.1) is 6.92 Å². The van der Waals surface area contributed by atoms with Crippen LogP contribution >= 0.6 is 0 Å². The van der Waals surface area contributed by atoms with Crippen molar-refractivity contribution in [3.63, 3.8) is 0 Å². The average Bonchev–Trinajstić information content (AvgIpc) is 2.64. The van der Waals surface area contributed by atoms with E-state index in [0.717, 1.165) is 31.6 Å². The van der Waals surface area contributed by atoms with E-state index in [-0.39, 0.29) is 5.91 Å². The summed E-state index contributed by atoms with van der Waals surface area (Å²) in [7, 11) is 0. The molecule has 0 aliphatic carbocycles. The SMILES string of the molecule is Cc1cccc(C(C)C)c1Nc1ccc(C(=O)N2CCCCC2)nn1. The van der Waals surface area contributed by atoms with Crippen LogP contribution in [0.1, 0.15) is 60.6 Å². The molecule has 1 fully saturated rings. The topological polar surface area (TPSA) is 58.1 Å². The third-order valence-electron chi connectivity index (χ3n) is 4.71. The summed E-state index contributed by atoms with van der Waals surface area (Å²) in [5.41, 5.74) is 3.90. The summed E-state index contributed by atoms with van der Waals surface area (Å²) >= 11 is 0. The molecule has 1 saturated heterocycles. The Kier molecular flexibility index (Phi) is 5.31. The van der Waals surface area contributed by atoms with Crippen molar-refractivity contribution in [2.75, 3.05) is 18.4 Å². The number of amides is 1. The minimum atomic E-state index is -0.0162. The molecule has 2 aromatic rings. The fraction of sp³-hybridized carbons (Fsp3) is 0.450. The Morgan fingerprint density at radius 2 is 1.84 bits per heavy atom. The van der Waals surface area contributed by atoms with Gasteiger partial charge in [0.1, 0.15) is 0 Å². The highest BCUT2D eigenvalue weighted by molar-refractivity contribution is 5.92. The van der Waals surface area contributed by atoms with E-state index >= 15 is 0 Å². The van der Waals surface area contributed by atoms with Crippen LogP contribution in [0.4, 0.5) is 11.5 Å². The Morgan fingerprint density at radius 1 is 1.08 bits per heavy atom. The monoisotopic (exact) mass is 338 g/mol. The number of nitrogens with one attached hydrogen (secondary N) is 1. The number of nitrogens with zero attached hydrogens (tertiary/aromatic N) is 3. The summed E-state index contributed by atoms with van der Waals surface area (Å²) in [6, 6.07) is 9.87. The fourth-order valence-corrected chi connectivity index (χ4v) is 3.24. The van der Waals surface area contributed by atoms with Crippen LogP contribution in [0.2, 0.25) is 0 Å². The van der Waals surface area contributed by atoms with Crippen molar-refractivity contribution in [3.05, 3.63) is 47.2 Å². The number of para-hydroxylation sites is 1. The molecule has 25 heavy (non-hydrogen) atoms. The first-order valence-electron chi connectivity index (χ1n) is 9.06. The van der Waals surface area contributed by atoms with Crippen LogP contribution in [0.3, 0.4) is 0 Å². The molecule has 0 spiro atoms. The second kappa shape index (κ2) is 7.64. The smallest absolute Gasteiger partial charge is 0.274 e. The van der Waals surface area contributed by atoms with Gasteiger partial charge in [-0.15, -0.1) is 10.2 Å². The lowest BCUT2D eigenvalue weighted by atomic mass is 9.98. The summed E-state index contributed by atoms with van der Waals surface area (Å²) in [6.07, 6.45) is 3.35. The first kappa shape index (κ1) is 17.4. The Bertz CT molecular complexity index is 734. The number of hydrogen-bond donors (Lipinski definition) is 1. The molecule has 1 aliphatic heterocycles. The van der Waals surface area contributed by atoms with Crippen molar-refractivity contribution in [2.45, 2.75) is 46.0 Å².